The predicted octanol–water partition coefficient (Wildman–Crippen LogP) is 5.25. The van der Waals surface area contributed by atoms with E-state index in [1.54, 1.807) is 24.3 Å². The number of amidine groups is 1. The second-order valence-corrected chi connectivity index (χ2v) is 8.65. The Morgan fingerprint density at radius 1 is 1.30 bits per heavy atom. The molecular weight excluding hydrogens is 540 g/mol. The molecule has 30 heavy (non-hydrogen) atoms. The average Bonchev–Trinajstić information content (AvgIpc) is 3.02. The first-order chi connectivity index (χ1) is 14.3. The van der Waals surface area contributed by atoms with Crippen LogP contribution in [0.5, 0.6) is 11.5 Å². The number of carboxylic acids is 1. The summed E-state index contributed by atoms with van der Waals surface area (Å²) in [6.45, 7) is 2.24. The Morgan fingerprint density at radius 3 is 2.67 bits per heavy atom. The number of benzene rings is 2. The number of aromatic carboxylic acids is 1. The van der Waals surface area contributed by atoms with Gasteiger partial charge < -0.3 is 14.9 Å². The van der Waals surface area contributed by atoms with Gasteiger partial charge in [0.2, 0.25) is 0 Å². The lowest BCUT2D eigenvalue weighted by molar-refractivity contribution is -0.122. The zero-order valence-electron chi connectivity index (χ0n) is 15.8. The highest BCUT2D eigenvalue weighted by Crippen LogP contribution is 2.43. The molecule has 0 aromatic heterocycles. The van der Waals surface area contributed by atoms with Crippen LogP contribution in [0.25, 0.3) is 6.08 Å². The average molecular weight is 556 g/mol. The molecule has 0 spiro atoms. The summed E-state index contributed by atoms with van der Waals surface area (Å²) in [7, 11) is 1.44. The third kappa shape index (κ3) is 4.40. The van der Waals surface area contributed by atoms with Crippen LogP contribution in [-0.4, -0.2) is 45.8 Å². The van der Waals surface area contributed by atoms with E-state index in [-0.39, 0.29) is 23.0 Å². The summed E-state index contributed by atoms with van der Waals surface area (Å²) in [4.78, 5) is 30.5. The molecule has 2 aromatic rings. The number of phenolic OH excluding ortho intramolecular Hbond substituents is 1. The summed E-state index contributed by atoms with van der Waals surface area (Å²) >= 11 is 7.91. The Kier molecular flexibility index (Phi) is 6.89. The van der Waals surface area contributed by atoms with Gasteiger partial charge in [0.1, 0.15) is 0 Å². The van der Waals surface area contributed by atoms with E-state index in [1.807, 2.05) is 6.92 Å². The summed E-state index contributed by atoms with van der Waals surface area (Å²) < 4.78 is 6.17. The van der Waals surface area contributed by atoms with Crippen molar-refractivity contribution in [1.29, 1.82) is 0 Å². The van der Waals surface area contributed by atoms with Crippen LogP contribution in [0.15, 0.2) is 49.2 Å². The molecule has 1 heterocycles. The number of nitrogens with zero attached hydrogens (tertiary/aromatic N) is 2. The second-order valence-electron chi connectivity index (χ2n) is 6.05. The van der Waals surface area contributed by atoms with Crippen LogP contribution < -0.4 is 4.74 Å². The lowest BCUT2D eigenvalue weighted by atomic mass is 10.2. The van der Waals surface area contributed by atoms with Gasteiger partial charge in [-0.25, -0.2) is 9.79 Å². The summed E-state index contributed by atoms with van der Waals surface area (Å²) in [6.07, 6.45) is 1.68. The van der Waals surface area contributed by atoms with Crippen LogP contribution in [0.3, 0.4) is 0 Å². The van der Waals surface area contributed by atoms with Gasteiger partial charge in [0, 0.05) is 11.0 Å². The van der Waals surface area contributed by atoms with E-state index < -0.39 is 5.97 Å². The third-order valence-electron chi connectivity index (χ3n) is 4.20. The first-order valence-corrected chi connectivity index (χ1v) is 11.1. The van der Waals surface area contributed by atoms with Crippen molar-refractivity contribution in [3.05, 3.63) is 55.3 Å². The van der Waals surface area contributed by atoms with E-state index in [0.29, 0.717) is 36.8 Å². The first-order valence-electron chi connectivity index (χ1n) is 8.65. The number of aliphatic imine (C=N–C) groups is 1. The van der Waals surface area contributed by atoms with Gasteiger partial charge in [0.25, 0.3) is 5.91 Å². The topological polar surface area (TPSA) is 99.4 Å². The number of carbonyl (C=O) groups excluding carboxylic acids is 1. The number of amides is 1. The van der Waals surface area contributed by atoms with E-state index >= 15 is 0 Å². The molecule has 0 atom stereocenters. The number of carbonyl (C=O) groups is 2. The number of carboxylic acid groups (broad SMARTS) is 1. The van der Waals surface area contributed by atoms with Crippen LogP contribution in [-0.2, 0) is 4.79 Å². The zero-order valence-corrected chi connectivity index (χ0v) is 19.8. The number of methoxy groups -OCH3 is 1. The van der Waals surface area contributed by atoms with E-state index in [1.165, 1.54) is 35.9 Å². The van der Waals surface area contributed by atoms with E-state index in [2.05, 4.69) is 36.9 Å². The van der Waals surface area contributed by atoms with Gasteiger partial charge in [0.05, 0.1) is 27.7 Å². The van der Waals surface area contributed by atoms with E-state index in [4.69, 9.17) is 9.84 Å². The fraction of sp³-hybridized carbons (Fsp3) is 0.150. The normalized spacial score (nSPS) is 16.5. The molecule has 0 unspecified atom stereocenters. The maximum absolute atomic E-state index is 12.9. The summed E-state index contributed by atoms with van der Waals surface area (Å²) in [5.74, 6) is -1.05. The molecule has 1 saturated heterocycles. The molecule has 3 rings (SSSR count). The van der Waals surface area contributed by atoms with Crippen molar-refractivity contribution in [2.75, 3.05) is 13.7 Å². The van der Waals surface area contributed by atoms with Crippen molar-refractivity contribution in [2.45, 2.75) is 6.92 Å². The van der Waals surface area contributed by atoms with Crippen LogP contribution in [0.1, 0.15) is 22.8 Å². The fourth-order valence-electron chi connectivity index (χ4n) is 2.70. The number of thioether (sulfide) groups is 1. The summed E-state index contributed by atoms with van der Waals surface area (Å²) in [5, 5.41) is 19.7. The van der Waals surface area contributed by atoms with Gasteiger partial charge in [-0.2, -0.15) is 0 Å². The maximum atomic E-state index is 12.9. The van der Waals surface area contributed by atoms with E-state index in [9.17, 15) is 14.7 Å². The number of phenols is 1. The van der Waals surface area contributed by atoms with Gasteiger partial charge >= 0.3 is 5.97 Å². The number of hydrogen-bond acceptors (Lipinski definition) is 6. The molecule has 0 aliphatic carbocycles. The molecule has 1 aliphatic rings. The van der Waals surface area contributed by atoms with Gasteiger partial charge in [-0.3, -0.25) is 9.69 Å². The standard InChI is InChI=1S/C20H16Br2N2O5S/c1-3-24-18(26)14(9-11-8-13(29-2)17(25)16(22)15(11)21)30-20(24)23-12-6-4-5-10(7-12)19(27)28/h4-9,25H,3H2,1-2H3,(H,27,28)/b14-9-,23-20?. The number of ether oxygens (including phenoxy) is 1. The number of likely N-dealkylation sites (N-methyl/N-ethyl adjacent to an activating group) is 1. The minimum absolute atomic E-state index is 0.0484. The zero-order chi connectivity index (χ0) is 22.0. The Labute approximate surface area is 193 Å². The van der Waals surface area contributed by atoms with Crippen LogP contribution in [0, 0.1) is 0 Å². The smallest absolute Gasteiger partial charge is 0.335 e. The highest BCUT2D eigenvalue weighted by Gasteiger charge is 2.32. The Bertz CT molecular complexity index is 1100. The van der Waals surface area contributed by atoms with E-state index in [0.717, 1.165) is 0 Å². The van der Waals surface area contributed by atoms with Gasteiger partial charge in [0.15, 0.2) is 16.7 Å². The maximum Gasteiger partial charge on any atom is 0.335 e. The molecule has 0 bridgehead atoms. The quantitative estimate of drug-likeness (QED) is 0.489. The van der Waals surface area contributed by atoms with Crippen molar-refractivity contribution >= 4 is 72.4 Å². The molecule has 0 saturated carbocycles. The minimum Gasteiger partial charge on any atom is -0.503 e. The van der Waals surface area contributed by atoms with Crippen molar-refractivity contribution in [3.8, 4) is 11.5 Å². The van der Waals surface area contributed by atoms with Crippen molar-refractivity contribution < 1.29 is 24.5 Å². The largest absolute Gasteiger partial charge is 0.503 e. The van der Waals surface area contributed by atoms with Gasteiger partial charge in [-0.1, -0.05) is 6.07 Å². The number of halogens is 2. The lowest BCUT2D eigenvalue weighted by Gasteiger charge is -2.12. The molecule has 2 aromatic carbocycles. The number of aromatic hydroxyl groups is 1. The van der Waals surface area contributed by atoms with Crippen molar-refractivity contribution in [1.82, 2.24) is 4.90 Å². The molecule has 7 nitrogen and oxygen atoms in total. The molecule has 1 amide bonds. The summed E-state index contributed by atoms with van der Waals surface area (Å²) in [6, 6.07) is 7.84. The molecule has 1 aliphatic heterocycles. The molecule has 1 fully saturated rings. The van der Waals surface area contributed by atoms with Gasteiger partial charge in [-0.15, -0.1) is 0 Å². The van der Waals surface area contributed by atoms with Crippen LogP contribution in [0.4, 0.5) is 5.69 Å². The van der Waals surface area contributed by atoms with Crippen LogP contribution >= 0.6 is 43.6 Å². The third-order valence-corrected chi connectivity index (χ3v) is 7.37. The van der Waals surface area contributed by atoms with Gasteiger partial charge in [-0.05, 0) is 86.5 Å². The Morgan fingerprint density at radius 2 is 2.03 bits per heavy atom. The molecular formula is C20H16Br2N2O5S. The van der Waals surface area contributed by atoms with Crippen molar-refractivity contribution in [3.63, 3.8) is 0 Å². The monoisotopic (exact) mass is 554 g/mol. The lowest BCUT2D eigenvalue weighted by Crippen LogP contribution is -2.28. The second kappa shape index (κ2) is 9.23. The predicted molar refractivity (Wildman–Crippen MR) is 124 cm³/mol. The highest BCUT2D eigenvalue weighted by atomic mass is 79.9. The summed E-state index contributed by atoms with van der Waals surface area (Å²) in [5.41, 5.74) is 1.20. The molecule has 156 valence electrons. The molecule has 10 heteroatoms. The van der Waals surface area contributed by atoms with Crippen molar-refractivity contribution in [2.24, 2.45) is 4.99 Å². The number of hydrogen-bond donors (Lipinski definition) is 2. The minimum atomic E-state index is -1.04. The van der Waals surface area contributed by atoms with Crippen LogP contribution in [0.2, 0.25) is 0 Å². The fourth-order valence-corrected chi connectivity index (χ4v) is 4.60. The Balaban J connectivity index is 2.02. The first kappa shape index (κ1) is 22.4. The highest BCUT2D eigenvalue weighted by molar-refractivity contribution is 9.13. The number of rotatable bonds is 5. The molecule has 0 radical (unpaired) electrons. The SMILES string of the molecule is CCN1C(=O)/C(=C/c2cc(OC)c(O)c(Br)c2Br)SC1=Nc1cccc(C(=O)O)c1. The molecule has 2 N–H and O–H groups in total. The Hall–Kier alpha value is -2.30.